The molecule has 0 spiro atoms. The van der Waals surface area contributed by atoms with Crippen LogP contribution in [0.15, 0.2) is 0 Å². The molecule has 0 bridgehead atoms. The molecule has 0 amide bonds. The van der Waals surface area contributed by atoms with Gasteiger partial charge in [-0.2, -0.15) is 0 Å². The lowest BCUT2D eigenvalue weighted by atomic mass is 10.1. The highest BCUT2D eigenvalue weighted by atomic mass is 32.2. The van der Waals surface area contributed by atoms with Gasteiger partial charge in [0.2, 0.25) is 0 Å². The summed E-state index contributed by atoms with van der Waals surface area (Å²) in [6.45, 7) is 3.87. The van der Waals surface area contributed by atoms with Gasteiger partial charge in [-0.3, -0.25) is 0 Å². The molecular formula is C12H25NO2S. The van der Waals surface area contributed by atoms with Crippen molar-refractivity contribution in [3.63, 3.8) is 0 Å². The Kier molecular flexibility index (Phi) is 5.25. The summed E-state index contributed by atoms with van der Waals surface area (Å²) in [5.74, 6) is 0.835. The third-order valence-electron chi connectivity index (χ3n) is 3.73. The van der Waals surface area contributed by atoms with E-state index in [1.165, 1.54) is 12.8 Å². The van der Waals surface area contributed by atoms with Crippen LogP contribution in [0.4, 0.5) is 0 Å². The van der Waals surface area contributed by atoms with Gasteiger partial charge in [0.05, 0.1) is 11.0 Å². The van der Waals surface area contributed by atoms with Gasteiger partial charge in [0.25, 0.3) is 0 Å². The van der Waals surface area contributed by atoms with E-state index in [4.69, 9.17) is 0 Å². The molecule has 2 unspecified atom stereocenters. The van der Waals surface area contributed by atoms with Crippen molar-refractivity contribution in [2.45, 2.75) is 57.2 Å². The standard InChI is InChI=1S/C12H25NO2S/c1-10(13-3)8-11(2)16(14,15)9-12-6-4-5-7-12/h10-13H,4-9H2,1-3H3. The Morgan fingerprint density at radius 2 is 1.81 bits per heavy atom. The minimum Gasteiger partial charge on any atom is -0.317 e. The first-order chi connectivity index (χ1) is 7.45. The first kappa shape index (κ1) is 14.0. The molecule has 4 heteroatoms. The lowest BCUT2D eigenvalue weighted by Crippen LogP contribution is -2.32. The van der Waals surface area contributed by atoms with Crippen LogP contribution in [0.5, 0.6) is 0 Å². The molecule has 96 valence electrons. The monoisotopic (exact) mass is 247 g/mol. The molecule has 2 atom stereocenters. The molecular weight excluding hydrogens is 222 g/mol. The number of sulfone groups is 1. The van der Waals surface area contributed by atoms with Gasteiger partial charge in [0.1, 0.15) is 0 Å². The molecule has 0 aromatic rings. The van der Waals surface area contributed by atoms with E-state index in [9.17, 15) is 8.42 Å². The summed E-state index contributed by atoms with van der Waals surface area (Å²) < 4.78 is 24.2. The minimum absolute atomic E-state index is 0.212. The Morgan fingerprint density at radius 1 is 1.25 bits per heavy atom. The first-order valence-corrected chi connectivity index (χ1v) is 8.06. The smallest absolute Gasteiger partial charge is 0.153 e. The summed E-state index contributed by atoms with van der Waals surface area (Å²) in [5, 5.41) is 2.88. The Balaban J connectivity index is 2.48. The van der Waals surface area contributed by atoms with Crippen molar-refractivity contribution in [1.29, 1.82) is 0 Å². The number of rotatable bonds is 6. The number of hydrogen-bond acceptors (Lipinski definition) is 3. The Bertz CT molecular complexity index is 294. The molecule has 0 aliphatic heterocycles. The van der Waals surface area contributed by atoms with E-state index in [1.807, 2.05) is 20.9 Å². The van der Waals surface area contributed by atoms with Gasteiger partial charge in [0, 0.05) is 6.04 Å². The van der Waals surface area contributed by atoms with Crippen molar-refractivity contribution in [2.24, 2.45) is 5.92 Å². The van der Waals surface area contributed by atoms with E-state index < -0.39 is 9.84 Å². The van der Waals surface area contributed by atoms with E-state index in [0.717, 1.165) is 12.8 Å². The first-order valence-electron chi connectivity index (χ1n) is 6.34. The van der Waals surface area contributed by atoms with Crippen LogP contribution in [0.1, 0.15) is 46.0 Å². The van der Waals surface area contributed by atoms with Crippen LogP contribution in [-0.2, 0) is 9.84 Å². The Labute approximate surface area is 99.9 Å². The predicted octanol–water partition coefficient (Wildman–Crippen LogP) is 1.98. The SMILES string of the molecule is CNC(C)CC(C)S(=O)(=O)CC1CCCC1. The second-order valence-corrected chi connectivity index (χ2v) is 7.68. The van der Waals surface area contributed by atoms with E-state index in [-0.39, 0.29) is 11.3 Å². The van der Waals surface area contributed by atoms with Gasteiger partial charge in [-0.05, 0) is 46.1 Å². The van der Waals surface area contributed by atoms with Gasteiger partial charge in [-0.1, -0.05) is 12.8 Å². The van der Waals surface area contributed by atoms with Crippen molar-refractivity contribution in [3.05, 3.63) is 0 Å². The molecule has 0 saturated heterocycles. The van der Waals surface area contributed by atoms with Crippen LogP contribution in [0.3, 0.4) is 0 Å². The van der Waals surface area contributed by atoms with E-state index >= 15 is 0 Å². The third-order valence-corrected chi connectivity index (χ3v) is 6.09. The normalized spacial score (nSPS) is 22.2. The van der Waals surface area contributed by atoms with Crippen LogP contribution < -0.4 is 5.32 Å². The lowest BCUT2D eigenvalue weighted by molar-refractivity contribution is 0.516. The van der Waals surface area contributed by atoms with Crippen molar-refractivity contribution in [1.82, 2.24) is 5.32 Å². The Hall–Kier alpha value is -0.0900. The second-order valence-electron chi connectivity index (χ2n) is 5.22. The summed E-state index contributed by atoms with van der Waals surface area (Å²) in [4.78, 5) is 0. The summed E-state index contributed by atoms with van der Waals surface area (Å²) >= 11 is 0. The van der Waals surface area contributed by atoms with Crippen molar-refractivity contribution in [2.75, 3.05) is 12.8 Å². The Morgan fingerprint density at radius 3 is 2.31 bits per heavy atom. The molecule has 3 nitrogen and oxygen atoms in total. The summed E-state index contributed by atoms with van der Waals surface area (Å²) in [5.41, 5.74) is 0. The molecule has 1 aliphatic rings. The highest BCUT2D eigenvalue weighted by molar-refractivity contribution is 7.92. The average Bonchev–Trinajstić information content (AvgIpc) is 2.69. The van der Waals surface area contributed by atoms with Crippen molar-refractivity contribution in [3.8, 4) is 0 Å². The van der Waals surface area contributed by atoms with Crippen LogP contribution in [0.2, 0.25) is 0 Å². The maximum absolute atomic E-state index is 12.1. The molecule has 0 heterocycles. The van der Waals surface area contributed by atoms with Crippen molar-refractivity contribution >= 4 is 9.84 Å². The highest BCUT2D eigenvalue weighted by Gasteiger charge is 2.27. The number of hydrogen-bond donors (Lipinski definition) is 1. The van der Waals surface area contributed by atoms with Crippen LogP contribution in [-0.4, -0.2) is 32.5 Å². The zero-order valence-electron chi connectivity index (χ0n) is 10.7. The minimum atomic E-state index is -2.89. The van der Waals surface area contributed by atoms with Crippen molar-refractivity contribution < 1.29 is 8.42 Å². The predicted molar refractivity (Wildman–Crippen MR) is 68.3 cm³/mol. The van der Waals surface area contributed by atoms with E-state index in [1.54, 1.807) is 0 Å². The molecule has 1 aliphatic carbocycles. The molecule has 0 aromatic carbocycles. The second kappa shape index (κ2) is 6.01. The van der Waals surface area contributed by atoms with Gasteiger partial charge in [-0.15, -0.1) is 0 Å². The molecule has 16 heavy (non-hydrogen) atoms. The van der Waals surface area contributed by atoms with Gasteiger partial charge < -0.3 is 5.32 Å². The van der Waals surface area contributed by atoms with Gasteiger partial charge >= 0.3 is 0 Å². The van der Waals surface area contributed by atoms with Crippen LogP contribution in [0, 0.1) is 5.92 Å². The quantitative estimate of drug-likeness (QED) is 0.780. The molecule has 0 aromatic heterocycles. The molecule has 1 saturated carbocycles. The van der Waals surface area contributed by atoms with E-state index in [2.05, 4.69) is 5.32 Å². The molecule has 1 fully saturated rings. The van der Waals surface area contributed by atoms with Gasteiger partial charge in [-0.25, -0.2) is 8.42 Å². The molecule has 0 radical (unpaired) electrons. The molecule has 1 rings (SSSR count). The highest BCUT2D eigenvalue weighted by Crippen LogP contribution is 2.27. The summed E-state index contributed by atoms with van der Waals surface area (Å²) in [6, 6.07) is 0.272. The van der Waals surface area contributed by atoms with Crippen LogP contribution in [0.25, 0.3) is 0 Å². The largest absolute Gasteiger partial charge is 0.317 e. The van der Waals surface area contributed by atoms with Crippen LogP contribution >= 0.6 is 0 Å². The van der Waals surface area contributed by atoms with E-state index in [0.29, 0.717) is 18.1 Å². The average molecular weight is 247 g/mol. The maximum atomic E-state index is 12.1. The fourth-order valence-corrected chi connectivity index (χ4v) is 4.33. The zero-order valence-corrected chi connectivity index (χ0v) is 11.5. The zero-order chi connectivity index (χ0) is 12.2. The fraction of sp³-hybridized carbons (Fsp3) is 1.00. The lowest BCUT2D eigenvalue weighted by Gasteiger charge is -2.19. The molecule has 1 N–H and O–H groups in total. The van der Waals surface area contributed by atoms with Gasteiger partial charge in [0.15, 0.2) is 9.84 Å². The summed E-state index contributed by atoms with van der Waals surface area (Å²) in [7, 11) is -1.01. The fourth-order valence-electron chi connectivity index (χ4n) is 2.43. The third kappa shape index (κ3) is 4.06. The topological polar surface area (TPSA) is 46.2 Å². The maximum Gasteiger partial charge on any atom is 0.153 e. The summed E-state index contributed by atoms with van der Waals surface area (Å²) in [6.07, 6.45) is 5.34. The number of nitrogens with one attached hydrogen (secondary N) is 1.